The molecule has 0 unspecified atom stereocenters. The molecule has 1 aliphatic rings. The van der Waals surface area contributed by atoms with Gasteiger partial charge in [-0.2, -0.15) is 4.31 Å². The molecule has 0 aliphatic carbocycles. The van der Waals surface area contributed by atoms with Gasteiger partial charge in [0.05, 0.1) is 34.3 Å². The van der Waals surface area contributed by atoms with Gasteiger partial charge in [-0.3, -0.25) is 9.59 Å². The molecule has 2 aromatic carbocycles. The largest absolute Gasteiger partial charge is 0.379 e. The van der Waals surface area contributed by atoms with Crippen LogP contribution in [-0.2, 0) is 24.6 Å². The predicted molar refractivity (Wildman–Crippen MR) is 122 cm³/mol. The lowest BCUT2D eigenvalue weighted by molar-refractivity contribution is 0.0730. The summed E-state index contributed by atoms with van der Waals surface area (Å²) in [7, 11) is -7.47. The predicted octanol–water partition coefficient (Wildman–Crippen LogP) is 1.20. The number of rotatable bonds is 5. The molecule has 12 heteroatoms. The van der Waals surface area contributed by atoms with Gasteiger partial charge in [0.15, 0.2) is 9.84 Å². The first-order valence-electron chi connectivity index (χ1n) is 9.93. The number of hydrogen-bond acceptors (Lipinski definition) is 7. The van der Waals surface area contributed by atoms with Crippen molar-refractivity contribution in [2.24, 2.45) is 0 Å². The number of aromatic amines is 1. The molecule has 10 nitrogen and oxygen atoms in total. The minimum atomic E-state index is -3.84. The number of pyridine rings is 1. The summed E-state index contributed by atoms with van der Waals surface area (Å²) in [5.74, 6) is -0.747. The first kappa shape index (κ1) is 23.1. The zero-order chi connectivity index (χ0) is 23.8. The maximum atomic E-state index is 13.1. The van der Waals surface area contributed by atoms with Crippen LogP contribution in [0.4, 0.5) is 5.69 Å². The van der Waals surface area contributed by atoms with Crippen LogP contribution in [0.2, 0.25) is 0 Å². The summed E-state index contributed by atoms with van der Waals surface area (Å²) in [5, 5.41) is 2.73. The lowest BCUT2D eigenvalue weighted by Gasteiger charge is -2.26. The Morgan fingerprint density at radius 3 is 2.42 bits per heavy atom. The van der Waals surface area contributed by atoms with Gasteiger partial charge >= 0.3 is 0 Å². The second-order valence-electron chi connectivity index (χ2n) is 7.49. The Kier molecular flexibility index (Phi) is 6.10. The molecule has 2 heterocycles. The number of amides is 1. The van der Waals surface area contributed by atoms with Gasteiger partial charge in [0.1, 0.15) is 0 Å². The third kappa shape index (κ3) is 4.69. The highest BCUT2D eigenvalue weighted by Gasteiger charge is 2.27. The molecule has 1 aromatic heterocycles. The lowest BCUT2D eigenvalue weighted by Crippen LogP contribution is -2.40. The van der Waals surface area contributed by atoms with Crippen LogP contribution in [0.15, 0.2) is 63.1 Å². The second-order valence-corrected chi connectivity index (χ2v) is 11.4. The average molecular weight is 492 g/mol. The Morgan fingerprint density at radius 1 is 1.03 bits per heavy atom. The molecule has 0 spiro atoms. The van der Waals surface area contributed by atoms with E-state index in [1.54, 1.807) is 6.07 Å². The van der Waals surface area contributed by atoms with E-state index in [4.69, 9.17) is 4.74 Å². The topological polar surface area (TPSA) is 143 Å². The van der Waals surface area contributed by atoms with Crippen molar-refractivity contribution in [3.63, 3.8) is 0 Å². The summed E-state index contributed by atoms with van der Waals surface area (Å²) in [6.07, 6.45) is 1.02. The number of morpholine rings is 1. The Hall–Kier alpha value is -3.06. The molecule has 1 saturated heterocycles. The molecular weight excluding hydrogens is 470 g/mol. The fraction of sp³-hybridized carbons (Fsp3) is 0.238. The quantitative estimate of drug-likeness (QED) is 0.546. The summed E-state index contributed by atoms with van der Waals surface area (Å²) in [6.45, 7) is 0.990. The van der Waals surface area contributed by atoms with Crippen molar-refractivity contribution in [3.05, 3.63) is 64.4 Å². The minimum absolute atomic E-state index is 0.0328. The van der Waals surface area contributed by atoms with Crippen molar-refractivity contribution in [1.29, 1.82) is 0 Å². The van der Waals surface area contributed by atoms with E-state index in [0.717, 1.165) is 12.3 Å². The molecule has 2 N–H and O–H groups in total. The third-order valence-electron chi connectivity index (χ3n) is 5.20. The van der Waals surface area contributed by atoms with E-state index >= 15 is 0 Å². The molecule has 0 radical (unpaired) electrons. The Labute approximate surface area is 190 Å². The fourth-order valence-electron chi connectivity index (χ4n) is 3.60. The maximum absolute atomic E-state index is 13.1. The number of hydrogen-bond donors (Lipinski definition) is 2. The summed E-state index contributed by atoms with van der Waals surface area (Å²) in [4.78, 5) is 27.7. The second kappa shape index (κ2) is 8.71. The van der Waals surface area contributed by atoms with E-state index in [1.807, 2.05) is 0 Å². The van der Waals surface area contributed by atoms with Gasteiger partial charge in [-0.15, -0.1) is 0 Å². The summed E-state index contributed by atoms with van der Waals surface area (Å²) in [6, 6.07) is 11.0. The first-order chi connectivity index (χ1) is 15.6. The van der Waals surface area contributed by atoms with E-state index in [-0.39, 0.29) is 58.2 Å². The molecule has 0 saturated carbocycles. The van der Waals surface area contributed by atoms with Crippen LogP contribution in [0.1, 0.15) is 10.4 Å². The average Bonchev–Trinajstić information content (AvgIpc) is 2.78. The van der Waals surface area contributed by atoms with Crippen molar-refractivity contribution >= 4 is 42.4 Å². The number of aromatic nitrogens is 1. The molecule has 3 aromatic rings. The molecule has 0 atom stereocenters. The number of carbonyl (C=O) groups is 1. The Bertz CT molecular complexity index is 1510. The van der Waals surface area contributed by atoms with Crippen molar-refractivity contribution in [2.45, 2.75) is 9.79 Å². The highest BCUT2D eigenvalue weighted by Crippen LogP contribution is 2.25. The number of fused-ring (bicyclic) bond motifs is 1. The van der Waals surface area contributed by atoms with Gasteiger partial charge in [-0.1, -0.05) is 12.1 Å². The van der Waals surface area contributed by atoms with Crippen molar-refractivity contribution in [2.75, 3.05) is 37.9 Å². The Morgan fingerprint density at radius 2 is 1.73 bits per heavy atom. The number of nitrogens with zero attached hydrogens (tertiary/aromatic N) is 1. The van der Waals surface area contributed by atoms with Gasteiger partial charge < -0.3 is 15.0 Å². The maximum Gasteiger partial charge on any atom is 0.256 e. The normalized spacial score (nSPS) is 15.4. The van der Waals surface area contributed by atoms with Gasteiger partial charge in [-0.25, -0.2) is 16.8 Å². The van der Waals surface area contributed by atoms with Crippen LogP contribution >= 0.6 is 0 Å². The number of H-pyrrole nitrogens is 1. The molecule has 1 fully saturated rings. The summed E-state index contributed by atoms with van der Waals surface area (Å²) < 4.78 is 56.7. The van der Waals surface area contributed by atoms with Crippen LogP contribution < -0.4 is 10.9 Å². The zero-order valence-corrected chi connectivity index (χ0v) is 19.2. The van der Waals surface area contributed by atoms with E-state index in [9.17, 15) is 26.4 Å². The highest BCUT2D eigenvalue weighted by atomic mass is 32.2. The molecule has 0 bridgehead atoms. The summed E-state index contributed by atoms with van der Waals surface area (Å²) in [5.41, 5.74) is -0.329. The van der Waals surface area contributed by atoms with Crippen molar-refractivity contribution < 1.29 is 26.4 Å². The smallest absolute Gasteiger partial charge is 0.256 e. The van der Waals surface area contributed by atoms with Crippen LogP contribution in [0.5, 0.6) is 0 Å². The molecule has 33 heavy (non-hydrogen) atoms. The van der Waals surface area contributed by atoms with Crippen LogP contribution in [0.25, 0.3) is 10.9 Å². The number of ether oxygens (including phenoxy) is 1. The molecular formula is C21H21N3O7S2. The third-order valence-corrected chi connectivity index (χ3v) is 8.25. The van der Waals surface area contributed by atoms with Gasteiger partial charge in [0.2, 0.25) is 15.6 Å². The van der Waals surface area contributed by atoms with Gasteiger partial charge in [0.25, 0.3) is 5.91 Å². The number of sulfonamides is 1. The van der Waals surface area contributed by atoms with Crippen LogP contribution in [0, 0.1) is 0 Å². The molecule has 1 aliphatic heterocycles. The zero-order valence-electron chi connectivity index (χ0n) is 17.6. The van der Waals surface area contributed by atoms with Crippen LogP contribution in [0.3, 0.4) is 0 Å². The molecule has 4 rings (SSSR count). The van der Waals surface area contributed by atoms with Gasteiger partial charge in [-0.05, 0) is 30.3 Å². The standard InChI is InChI=1S/C21H21N3O7S2/c1-32(27,28)19-5-3-2-4-18(19)23-21(26)16-13-20(25)22-17-7-6-14(12-15(16)17)33(29,30)24-8-10-31-11-9-24/h2-7,12-13H,8-11H2,1H3,(H,22,25)(H,23,26). The number of sulfone groups is 1. The fourth-order valence-corrected chi connectivity index (χ4v) is 5.88. The highest BCUT2D eigenvalue weighted by molar-refractivity contribution is 7.91. The van der Waals surface area contributed by atoms with E-state index in [2.05, 4.69) is 10.3 Å². The lowest BCUT2D eigenvalue weighted by atomic mass is 10.1. The van der Waals surface area contributed by atoms with E-state index in [0.29, 0.717) is 0 Å². The van der Waals surface area contributed by atoms with Crippen molar-refractivity contribution in [3.8, 4) is 0 Å². The molecule has 174 valence electrons. The van der Waals surface area contributed by atoms with E-state index < -0.39 is 31.3 Å². The Balaban J connectivity index is 1.79. The number of anilines is 1. The van der Waals surface area contributed by atoms with E-state index in [1.165, 1.54) is 40.7 Å². The van der Waals surface area contributed by atoms with Crippen molar-refractivity contribution in [1.82, 2.24) is 9.29 Å². The summed E-state index contributed by atoms with van der Waals surface area (Å²) >= 11 is 0. The minimum Gasteiger partial charge on any atom is -0.379 e. The number of carbonyl (C=O) groups excluding carboxylic acids is 1. The monoisotopic (exact) mass is 491 g/mol. The van der Waals surface area contributed by atoms with Crippen LogP contribution in [-0.4, -0.2) is 64.6 Å². The van der Waals surface area contributed by atoms with Gasteiger partial charge in [0, 0.05) is 36.3 Å². The first-order valence-corrected chi connectivity index (χ1v) is 13.3. The number of benzene rings is 2. The number of para-hydroxylation sites is 1. The molecule has 1 amide bonds. The SMILES string of the molecule is CS(=O)(=O)c1ccccc1NC(=O)c1cc(=O)[nH]c2ccc(S(=O)(=O)N3CCOCC3)cc12. The number of nitrogens with one attached hydrogen (secondary N) is 2.